The van der Waals surface area contributed by atoms with Crippen LogP contribution in [-0.2, 0) is 6.61 Å². The Balaban J connectivity index is 1.53. The molecule has 0 aliphatic carbocycles. The summed E-state index contributed by atoms with van der Waals surface area (Å²) in [6.45, 7) is 0.517. The summed E-state index contributed by atoms with van der Waals surface area (Å²) in [7, 11) is 0. The van der Waals surface area contributed by atoms with Crippen molar-refractivity contribution in [2.75, 3.05) is 5.73 Å². The predicted octanol–water partition coefficient (Wildman–Crippen LogP) is 3.61. The van der Waals surface area contributed by atoms with Gasteiger partial charge in [0, 0.05) is 5.69 Å². The van der Waals surface area contributed by atoms with Gasteiger partial charge in [-0.3, -0.25) is 4.79 Å². The van der Waals surface area contributed by atoms with Crippen LogP contribution in [0.4, 0.5) is 5.69 Å². The Morgan fingerprint density at radius 3 is 2.38 bits per heavy atom. The molecule has 0 unspecified atom stereocenters. The molecule has 0 spiro atoms. The highest BCUT2D eigenvalue weighted by atomic mass is 16.5. The quantitative estimate of drug-likeness (QED) is 0.407. The van der Waals surface area contributed by atoms with Gasteiger partial charge >= 0.3 is 0 Å². The van der Waals surface area contributed by atoms with Gasteiger partial charge in [0.25, 0.3) is 5.91 Å². The Morgan fingerprint density at radius 2 is 1.65 bits per heavy atom. The van der Waals surface area contributed by atoms with Gasteiger partial charge in [0.1, 0.15) is 12.4 Å². The fourth-order valence-corrected chi connectivity index (χ4v) is 2.32. The van der Waals surface area contributed by atoms with Crippen LogP contribution < -0.4 is 15.9 Å². The van der Waals surface area contributed by atoms with Gasteiger partial charge in [-0.05, 0) is 47.5 Å². The molecule has 0 saturated heterocycles. The SMILES string of the molecule is Nc1ccccc1C(=O)N/N=C/c1ccc(OCc2ccccc2)cc1. The number of hydrazone groups is 1. The van der Waals surface area contributed by atoms with E-state index >= 15 is 0 Å². The molecule has 3 rings (SSSR count). The summed E-state index contributed by atoms with van der Waals surface area (Å²) in [5.74, 6) is 0.425. The van der Waals surface area contributed by atoms with E-state index in [9.17, 15) is 4.79 Å². The molecule has 0 radical (unpaired) electrons. The zero-order valence-electron chi connectivity index (χ0n) is 14.1. The van der Waals surface area contributed by atoms with Crippen LogP contribution >= 0.6 is 0 Å². The van der Waals surface area contributed by atoms with Crippen molar-refractivity contribution in [2.24, 2.45) is 5.10 Å². The number of nitrogens with one attached hydrogen (secondary N) is 1. The van der Waals surface area contributed by atoms with Crippen molar-refractivity contribution >= 4 is 17.8 Å². The summed E-state index contributed by atoms with van der Waals surface area (Å²) in [5.41, 5.74) is 11.0. The van der Waals surface area contributed by atoms with E-state index < -0.39 is 0 Å². The largest absolute Gasteiger partial charge is 0.489 e. The van der Waals surface area contributed by atoms with Crippen LogP contribution in [0.3, 0.4) is 0 Å². The molecule has 3 N–H and O–H groups in total. The van der Waals surface area contributed by atoms with Crippen LogP contribution in [-0.4, -0.2) is 12.1 Å². The third kappa shape index (κ3) is 4.70. The lowest BCUT2D eigenvalue weighted by atomic mass is 10.2. The minimum absolute atomic E-state index is 0.345. The Morgan fingerprint density at radius 1 is 0.962 bits per heavy atom. The third-order valence-electron chi connectivity index (χ3n) is 3.71. The maximum Gasteiger partial charge on any atom is 0.273 e. The molecule has 5 heteroatoms. The van der Waals surface area contributed by atoms with E-state index in [1.165, 1.54) is 0 Å². The first-order valence-corrected chi connectivity index (χ1v) is 8.17. The second kappa shape index (κ2) is 8.48. The summed E-state index contributed by atoms with van der Waals surface area (Å²) in [6, 6.07) is 24.3. The molecule has 0 heterocycles. The zero-order valence-corrected chi connectivity index (χ0v) is 14.1. The molecule has 0 fully saturated rings. The minimum atomic E-state index is -0.345. The van der Waals surface area contributed by atoms with Crippen molar-refractivity contribution in [1.29, 1.82) is 0 Å². The third-order valence-corrected chi connectivity index (χ3v) is 3.71. The van der Waals surface area contributed by atoms with Crippen LogP contribution in [0.2, 0.25) is 0 Å². The first-order valence-electron chi connectivity index (χ1n) is 8.17. The van der Waals surface area contributed by atoms with Gasteiger partial charge < -0.3 is 10.5 Å². The van der Waals surface area contributed by atoms with E-state index in [4.69, 9.17) is 10.5 Å². The van der Waals surface area contributed by atoms with Crippen molar-refractivity contribution < 1.29 is 9.53 Å². The topological polar surface area (TPSA) is 76.7 Å². The van der Waals surface area contributed by atoms with E-state index in [2.05, 4.69) is 10.5 Å². The predicted molar refractivity (Wildman–Crippen MR) is 103 cm³/mol. The number of nitrogen functional groups attached to an aromatic ring is 1. The molecule has 0 aliphatic rings. The van der Waals surface area contributed by atoms with Gasteiger partial charge in [-0.15, -0.1) is 0 Å². The van der Waals surface area contributed by atoms with E-state index in [-0.39, 0.29) is 5.91 Å². The van der Waals surface area contributed by atoms with Gasteiger partial charge in [0.15, 0.2) is 0 Å². The lowest BCUT2D eigenvalue weighted by Gasteiger charge is -2.06. The van der Waals surface area contributed by atoms with Crippen molar-refractivity contribution in [3.8, 4) is 5.75 Å². The second-order valence-electron chi connectivity index (χ2n) is 5.63. The molecule has 0 bridgehead atoms. The molecule has 130 valence electrons. The zero-order chi connectivity index (χ0) is 18.2. The number of benzene rings is 3. The Kier molecular flexibility index (Phi) is 5.62. The summed E-state index contributed by atoms with van der Waals surface area (Å²) < 4.78 is 5.73. The van der Waals surface area contributed by atoms with Gasteiger partial charge in [-0.25, -0.2) is 5.43 Å². The molecule has 0 saturated carbocycles. The lowest BCUT2D eigenvalue weighted by molar-refractivity contribution is 0.0956. The summed E-state index contributed by atoms with van der Waals surface area (Å²) in [4.78, 5) is 12.0. The van der Waals surface area contributed by atoms with Crippen LogP contribution in [0.5, 0.6) is 5.75 Å². The molecule has 0 aromatic heterocycles. The number of hydrogen-bond donors (Lipinski definition) is 2. The van der Waals surface area contributed by atoms with Crippen LogP contribution in [0.25, 0.3) is 0 Å². The number of rotatable bonds is 6. The molecule has 0 aliphatic heterocycles. The van der Waals surface area contributed by atoms with Gasteiger partial charge in [-0.1, -0.05) is 42.5 Å². The number of amides is 1. The highest BCUT2D eigenvalue weighted by molar-refractivity contribution is 5.99. The Hall–Kier alpha value is -3.60. The van der Waals surface area contributed by atoms with E-state index in [1.807, 2.05) is 54.6 Å². The van der Waals surface area contributed by atoms with Gasteiger partial charge in [-0.2, -0.15) is 5.10 Å². The number of nitrogens with zero attached hydrogens (tertiary/aromatic N) is 1. The summed E-state index contributed by atoms with van der Waals surface area (Å²) in [5, 5.41) is 3.96. The molecule has 5 nitrogen and oxygen atoms in total. The van der Waals surface area contributed by atoms with Crippen molar-refractivity contribution in [1.82, 2.24) is 5.43 Å². The fraction of sp³-hybridized carbons (Fsp3) is 0.0476. The van der Waals surface area contributed by atoms with E-state index in [1.54, 1.807) is 30.5 Å². The number of carbonyl (C=O) groups is 1. The summed E-state index contributed by atoms with van der Waals surface area (Å²) >= 11 is 0. The maximum atomic E-state index is 12.0. The molecular weight excluding hydrogens is 326 g/mol. The molecular formula is C21H19N3O2. The Bertz CT molecular complexity index is 891. The first-order chi connectivity index (χ1) is 12.7. The van der Waals surface area contributed by atoms with Crippen molar-refractivity contribution in [2.45, 2.75) is 6.61 Å². The van der Waals surface area contributed by atoms with Crippen LogP contribution in [0.1, 0.15) is 21.5 Å². The number of nitrogens with two attached hydrogens (primary N) is 1. The average Bonchev–Trinajstić information content (AvgIpc) is 2.68. The number of carbonyl (C=O) groups excluding carboxylic acids is 1. The number of para-hydroxylation sites is 1. The fourth-order valence-electron chi connectivity index (χ4n) is 2.32. The average molecular weight is 345 g/mol. The molecule has 3 aromatic carbocycles. The van der Waals surface area contributed by atoms with Gasteiger partial charge in [0.05, 0.1) is 11.8 Å². The van der Waals surface area contributed by atoms with E-state index in [0.717, 1.165) is 16.9 Å². The number of anilines is 1. The Labute approximate surface area is 152 Å². The number of ether oxygens (including phenoxy) is 1. The lowest BCUT2D eigenvalue weighted by Crippen LogP contribution is -2.18. The van der Waals surface area contributed by atoms with Crippen LogP contribution in [0.15, 0.2) is 84.0 Å². The van der Waals surface area contributed by atoms with E-state index in [0.29, 0.717) is 17.9 Å². The molecule has 3 aromatic rings. The van der Waals surface area contributed by atoms with Crippen LogP contribution in [0, 0.1) is 0 Å². The maximum absolute atomic E-state index is 12.0. The molecule has 0 atom stereocenters. The first kappa shape index (κ1) is 17.2. The normalized spacial score (nSPS) is 10.6. The minimum Gasteiger partial charge on any atom is -0.489 e. The summed E-state index contributed by atoms with van der Waals surface area (Å²) in [6.07, 6.45) is 1.57. The monoisotopic (exact) mass is 345 g/mol. The van der Waals surface area contributed by atoms with Crippen molar-refractivity contribution in [3.63, 3.8) is 0 Å². The standard InChI is InChI=1S/C21H19N3O2/c22-20-9-5-4-8-19(20)21(25)24-23-14-16-10-12-18(13-11-16)26-15-17-6-2-1-3-7-17/h1-14H,15,22H2,(H,24,25)/b23-14+. The highest BCUT2D eigenvalue weighted by Gasteiger charge is 2.06. The van der Waals surface area contributed by atoms with Crippen molar-refractivity contribution in [3.05, 3.63) is 95.6 Å². The smallest absolute Gasteiger partial charge is 0.273 e. The molecule has 26 heavy (non-hydrogen) atoms. The van der Waals surface area contributed by atoms with Gasteiger partial charge in [0.2, 0.25) is 0 Å². The number of hydrogen-bond acceptors (Lipinski definition) is 4. The molecule has 1 amide bonds. The second-order valence-corrected chi connectivity index (χ2v) is 5.63. The highest BCUT2D eigenvalue weighted by Crippen LogP contribution is 2.13.